The minimum absolute atomic E-state index is 0.0597. The van der Waals surface area contributed by atoms with Crippen LogP contribution in [-0.2, 0) is 0 Å². The third-order valence-electron chi connectivity index (χ3n) is 3.55. The SMILES string of the molecule is CSc1nc(-c2ccccc2F)n(-c2ccc(Br)cc2)c(=O)c1C#N. The van der Waals surface area contributed by atoms with E-state index in [1.54, 1.807) is 48.7 Å². The van der Waals surface area contributed by atoms with Gasteiger partial charge in [0, 0.05) is 4.47 Å². The van der Waals surface area contributed by atoms with Crippen LogP contribution >= 0.6 is 27.7 Å². The molecule has 0 saturated heterocycles. The Labute approximate surface area is 156 Å². The quantitative estimate of drug-likeness (QED) is 0.469. The fourth-order valence-electron chi connectivity index (χ4n) is 2.40. The molecule has 0 N–H and O–H groups in total. The van der Waals surface area contributed by atoms with E-state index in [4.69, 9.17) is 0 Å². The van der Waals surface area contributed by atoms with Crippen molar-refractivity contribution in [3.8, 4) is 23.1 Å². The predicted octanol–water partition coefficient (Wildman–Crippen LogP) is 4.39. The highest BCUT2D eigenvalue weighted by Gasteiger charge is 2.20. The second-order valence-corrected chi connectivity index (χ2v) is 6.74. The Morgan fingerprint density at radius 2 is 1.88 bits per heavy atom. The molecule has 0 aliphatic rings. The Morgan fingerprint density at radius 1 is 1.20 bits per heavy atom. The van der Waals surface area contributed by atoms with Gasteiger partial charge in [-0.15, -0.1) is 11.8 Å². The highest BCUT2D eigenvalue weighted by atomic mass is 79.9. The van der Waals surface area contributed by atoms with Gasteiger partial charge >= 0.3 is 0 Å². The van der Waals surface area contributed by atoms with Crippen molar-refractivity contribution in [2.24, 2.45) is 0 Å². The van der Waals surface area contributed by atoms with Gasteiger partial charge < -0.3 is 0 Å². The number of hydrogen-bond donors (Lipinski definition) is 0. The maximum Gasteiger partial charge on any atom is 0.277 e. The van der Waals surface area contributed by atoms with E-state index in [1.165, 1.54) is 22.4 Å². The van der Waals surface area contributed by atoms with Crippen LogP contribution in [-0.4, -0.2) is 15.8 Å². The maximum absolute atomic E-state index is 14.4. The first-order valence-corrected chi connectivity index (χ1v) is 9.20. The van der Waals surface area contributed by atoms with Crippen LogP contribution in [0.25, 0.3) is 17.1 Å². The van der Waals surface area contributed by atoms with Gasteiger partial charge in [-0.2, -0.15) is 5.26 Å². The van der Waals surface area contributed by atoms with Crippen LogP contribution in [0.5, 0.6) is 0 Å². The van der Waals surface area contributed by atoms with E-state index < -0.39 is 11.4 Å². The molecule has 0 amide bonds. The molecule has 0 aliphatic carbocycles. The Kier molecular flexibility index (Phi) is 5.02. The van der Waals surface area contributed by atoms with E-state index in [2.05, 4.69) is 20.9 Å². The van der Waals surface area contributed by atoms with Crippen LogP contribution < -0.4 is 5.56 Å². The summed E-state index contributed by atoms with van der Waals surface area (Å²) in [6.45, 7) is 0. The van der Waals surface area contributed by atoms with Gasteiger partial charge in [0.1, 0.15) is 22.5 Å². The molecule has 7 heteroatoms. The van der Waals surface area contributed by atoms with Gasteiger partial charge in [-0.3, -0.25) is 9.36 Å². The van der Waals surface area contributed by atoms with Crippen molar-refractivity contribution < 1.29 is 4.39 Å². The van der Waals surface area contributed by atoms with E-state index >= 15 is 0 Å². The minimum Gasteiger partial charge on any atom is -0.267 e. The highest BCUT2D eigenvalue weighted by Crippen LogP contribution is 2.26. The van der Waals surface area contributed by atoms with Crippen molar-refractivity contribution in [1.29, 1.82) is 5.26 Å². The zero-order valence-electron chi connectivity index (χ0n) is 13.0. The molecule has 3 aromatic rings. The summed E-state index contributed by atoms with van der Waals surface area (Å²) in [7, 11) is 0. The lowest BCUT2D eigenvalue weighted by molar-refractivity contribution is 0.628. The molecule has 2 aromatic carbocycles. The van der Waals surface area contributed by atoms with Gasteiger partial charge in [0.25, 0.3) is 5.56 Å². The largest absolute Gasteiger partial charge is 0.277 e. The van der Waals surface area contributed by atoms with E-state index in [-0.39, 0.29) is 22.0 Å². The summed E-state index contributed by atoms with van der Waals surface area (Å²) in [4.78, 5) is 17.3. The smallest absolute Gasteiger partial charge is 0.267 e. The first-order chi connectivity index (χ1) is 12.1. The average Bonchev–Trinajstić information content (AvgIpc) is 2.62. The Morgan fingerprint density at radius 3 is 2.48 bits per heavy atom. The second-order valence-electron chi connectivity index (χ2n) is 5.03. The predicted molar refractivity (Wildman–Crippen MR) is 99.4 cm³/mol. The molecule has 0 spiro atoms. The van der Waals surface area contributed by atoms with Crippen LogP contribution in [0.2, 0.25) is 0 Å². The van der Waals surface area contributed by atoms with Gasteiger partial charge in [0.15, 0.2) is 5.82 Å². The number of hydrogen-bond acceptors (Lipinski definition) is 4. The van der Waals surface area contributed by atoms with Gasteiger partial charge in [0.05, 0.1) is 11.3 Å². The lowest BCUT2D eigenvalue weighted by Crippen LogP contribution is -2.25. The molecule has 3 rings (SSSR count). The lowest BCUT2D eigenvalue weighted by Gasteiger charge is -2.15. The summed E-state index contributed by atoms with van der Waals surface area (Å²) in [5.74, 6) is -0.328. The summed E-state index contributed by atoms with van der Waals surface area (Å²) in [5, 5.41) is 9.64. The zero-order valence-corrected chi connectivity index (χ0v) is 15.4. The number of nitrogens with zero attached hydrogens (tertiary/aromatic N) is 3. The summed E-state index contributed by atoms with van der Waals surface area (Å²) in [5.41, 5.74) is 0.114. The molecule has 0 fully saturated rings. The molecular formula is C18H11BrFN3OS. The number of benzene rings is 2. The Bertz CT molecular complexity index is 1040. The van der Waals surface area contributed by atoms with E-state index in [0.717, 1.165) is 4.47 Å². The highest BCUT2D eigenvalue weighted by molar-refractivity contribution is 9.10. The van der Waals surface area contributed by atoms with Crippen LogP contribution in [0.4, 0.5) is 4.39 Å². The number of aromatic nitrogens is 2. The molecule has 1 heterocycles. The van der Waals surface area contributed by atoms with Crippen LogP contribution in [0.15, 0.2) is 62.8 Å². The van der Waals surface area contributed by atoms with Crippen LogP contribution in [0.3, 0.4) is 0 Å². The summed E-state index contributed by atoms with van der Waals surface area (Å²) in [6.07, 6.45) is 1.72. The van der Waals surface area contributed by atoms with E-state index in [1.807, 2.05) is 6.07 Å². The number of thioether (sulfide) groups is 1. The fourth-order valence-corrected chi connectivity index (χ4v) is 3.18. The summed E-state index contributed by atoms with van der Waals surface area (Å²) < 4.78 is 16.5. The van der Waals surface area contributed by atoms with Gasteiger partial charge in [-0.05, 0) is 42.7 Å². The molecular weight excluding hydrogens is 405 g/mol. The third kappa shape index (κ3) is 3.23. The molecule has 0 bridgehead atoms. The number of nitriles is 1. The van der Waals surface area contributed by atoms with Gasteiger partial charge in [0.2, 0.25) is 0 Å². The summed E-state index contributed by atoms with van der Waals surface area (Å²) in [6, 6.07) is 15.0. The standard InChI is InChI=1S/C18H11BrFN3OS/c1-25-17-14(10-21)18(24)23(12-8-6-11(19)7-9-12)16(22-17)13-4-2-3-5-15(13)20/h2-9H,1H3. The molecule has 0 atom stereocenters. The Hall–Kier alpha value is -2.43. The average molecular weight is 416 g/mol. The van der Waals surface area contributed by atoms with Crippen LogP contribution in [0.1, 0.15) is 5.56 Å². The molecule has 1 aromatic heterocycles. The van der Waals surface area contributed by atoms with Crippen molar-refractivity contribution >= 4 is 27.7 Å². The van der Waals surface area contributed by atoms with Crippen molar-refractivity contribution in [1.82, 2.24) is 9.55 Å². The van der Waals surface area contributed by atoms with Crippen molar-refractivity contribution in [3.63, 3.8) is 0 Å². The van der Waals surface area contributed by atoms with Gasteiger partial charge in [-0.1, -0.05) is 28.1 Å². The van der Waals surface area contributed by atoms with Crippen molar-refractivity contribution in [2.75, 3.05) is 6.26 Å². The molecule has 0 saturated carbocycles. The maximum atomic E-state index is 14.4. The zero-order chi connectivity index (χ0) is 18.0. The van der Waals surface area contributed by atoms with Crippen molar-refractivity contribution in [3.05, 3.63) is 74.7 Å². The molecule has 0 unspecified atom stereocenters. The Balaban J connectivity index is 2.43. The molecule has 0 aliphatic heterocycles. The minimum atomic E-state index is -0.526. The van der Waals surface area contributed by atoms with E-state index in [0.29, 0.717) is 5.69 Å². The molecule has 25 heavy (non-hydrogen) atoms. The van der Waals surface area contributed by atoms with Gasteiger partial charge in [-0.25, -0.2) is 9.37 Å². The first-order valence-electron chi connectivity index (χ1n) is 7.18. The number of rotatable bonds is 3. The fraction of sp³-hybridized carbons (Fsp3) is 0.0556. The topological polar surface area (TPSA) is 58.7 Å². The normalized spacial score (nSPS) is 10.5. The number of halogens is 2. The lowest BCUT2D eigenvalue weighted by atomic mass is 10.1. The van der Waals surface area contributed by atoms with E-state index in [9.17, 15) is 14.4 Å². The molecule has 4 nitrogen and oxygen atoms in total. The molecule has 124 valence electrons. The second kappa shape index (κ2) is 7.21. The van der Waals surface area contributed by atoms with Crippen LogP contribution in [0, 0.1) is 17.1 Å². The first kappa shape index (κ1) is 17.4. The summed E-state index contributed by atoms with van der Waals surface area (Å²) >= 11 is 4.52. The van der Waals surface area contributed by atoms with Crippen molar-refractivity contribution in [2.45, 2.75) is 5.03 Å². The third-order valence-corrected chi connectivity index (χ3v) is 4.77. The molecule has 0 radical (unpaired) electrons. The monoisotopic (exact) mass is 415 g/mol.